The number of rotatable bonds is 4. The number of carbonyl (C=O) groups excluding carboxylic acids is 1. The minimum absolute atomic E-state index is 0.0164. The van der Waals surface area contributed by atoms with Gasteiger partial charge in [0.25, 0.3) is 0 Å². The Bertz CT molecular complexity index is 2170. The lowest BCUT2D eigenvalue weighted by molar-refractivity contribution is -0.157. The average Bonchev–Trinajstić information content (AvgIpc) is 3.65. The minimum atomic E-state index is -1.34. The van der Waals surface area contributed by atoms with Crippen LogP contribution in [0.1, 0.15) is 61.8 Å². The fraction of sp³-hybridized carbons (Fsp3) is 0.450. The molecule has 0 aliphatic carbocycles. The van der Waals surface area contributed by atoms with E-state index in [1.165, 1.54) is 18.9 Å². The number of aromatic hydroxyl groups is 3. The van der Waals surface area contributed by atoms with Gasteiger partial charge in [-0.3, -0.25) is 15.1 Å². The quantitative estimate of drug-likeness (QED) is 0.220. The van der Waals surface area contributed by atoms with Gasteiger partial charge in [-0.2, -0.15) is 5.26 Å². The lowest BCUT2D eigenvalue weighted by Crippen LogP contribution is -2.70. The number of thioether (sulfide) groups is 1. The number of ether oxygens (including phenoxy) is 5. The number of aryl methyl sites for hydroxylation is 1. The summed E-state index contributed by atoms with van der Waals surface area (Å²) in [6.07, 6.45) is 2.87. The van der Waals surface area contributed by atoms with Gasteiger partial charge in [0.15, 0.2) is 40.0 Å². The first-order valence-electron chi connectivity index (χ1n) is 18.1. The van der Waals surface area contributed by atoms with E-state index in [-0.39, 0.29) is 48.2 Å². The monoisotopic (exact) mass is 754 g/mol. The summed E-state index contributed by atoms with van der Waals surface area (Å²) in [4.78, 5) is 19.1. The van der Waals surface area contributed by atoms with Gasteiger partial charge >= 0.3 is 5.97 Å². The van der Waals surface area contributed by atoms with Crippen molar-refractivity contribution >= 4 is 17.7 Å². The molecule has 54 heavy (non-hydrogen) atoms. The molecule has 0 aromatic heterocycles. The van der Waals surface area contributed by atoms with Crippen LogP contribution in [0.4, 0.5) is 0 Å². The molecule has 0 amide bonds. The molecule has 4 bridgehead atoms. The molecule has 7 atom stereocenters. The van der Waals surface area contributed by atoms with Crippen LogP contribution in [0.15, 0.2) is 30.9 Å². The molecule has 10 rings (SSSR count). The van der Waals surface area contributed by atoms with Crippen LogP contribution in [0.3, 0.4) is 0 Å². The Labute approximate surface area is 317 Å². The molecule has 7 aliphatic rings. The average molecular weight is 755 g/mol. The number of benzene rings is 3. The van der Waals surface area contributed by atoms with Gasteiger partial charge in [-0.1, -0.05) is 12.1 Å². The van der Waals surface area contributed by atoms with Gasteiger partial charge in [-0.05, 0) is 61.1 Å². The second-order valence-electron chi connectivity index (χ2n) is 14.8. The summed E-state index contributed by atoms with van der Waals surface area (Å²) in [6, 6.07) is 5.26. The van der Waals surface area contributed by atoms with Gasteiger partial charge in [0.05, 0.1) is 37.6 Å². The first kappa shape index (κ1) is 34.9. The van der Waals surface area contributed by atoms with Crippen LogP contribution in [0.2, 0.25) is 0 Å². The smallest absolute Gasteiger partial charge is 0.331 e. The Kier molecular flexibility index (Phi) is 8.17. The van der Waals surface area contributed by atoms with Crippen LogP contribution in [-0.4, -0.2) is 95.7 Å². The third-order valence-electron chi connectivity index (χ3n) is 12.4. The van der Waals surface area contributed by atoms with Crippen molar-refractivity contribution < 1.29 is 43.8 Å². The van der Waals surface area contributed by atoms with E-state index in [1.807, 2.05) is 19.1 Å². The summed E-state index contributed by atoms with van der Waals surface area (Å²) in [7, 11) is 3.01. The number of nitriles is 1. The summed E-state index contributed by atoms with van der Waals surface area (Å²) >= 11 is 1.48. The SMILES string of the molecule is C=CCN1C2c3c(cc(C)c(OC)c3O)CC1[C@H](C#N)N1[C@H]2[C@@H]2SC[C@]3(NCCc4cc(O)c(OC)cc43)C(=O)OC[C@H]1c1c3c(c(C)c(O)c12)OCO3. The number of methoxy groups -OCH3 is 2. The molecule has 1 spiro atoms. The molecular formula is C40H42N4O9S. The fourth-order valence-electron chi connectivity index (χ4n) is 10.2. The first-order chi connectivity index (χ1) is 26.1. The highest BCUT2D eigenvalue weighted by Gasteiger charge is 2.62. The summed E-state index contributed by atoms with van der Waals surface area (Å²) in [6.45, 7) is 8.46. The lowest BCUT2D eigenvalue weighted by Gasteiger charge is -2.62. The van der Waals surface area contributed by atoms with Crippen LogP contribution >= 0.6 is 11.8 Å². The van der Waals surface area contributed by atoms with Gasteiger partial charge in [-0.25, -0.2) is 4.79 Å². The maximum atomic E-state index is 14.7. The fourth-order valence-corrected chi connectivity index (χ4v) is 11.9. The Hall–Kier alpha value is -4.81. The minimum Gasteiger partial charge on any atom is -0.507 e. The second-order valence-corrected chi connectivity index (χ2v) is 16.0. The maximum Gasteiger partial charge on any atom is 0.331 e. The van der Waals surface area contributed by atoms with Crippen molar-refractivity contribution in [2.24, 2.45) is 0 Å². The highest BCUT2D eigenvalue weighted by Crippen LogP contribution is 2.64. The van der Waals surface area contributed by atoms with Gasteiger partial charge in [0.1, 0.15) is 18.4 Å². The van der Waals surface area contributed by atoms with Crippen molar-refractivity contribution in [1.29, 1.82) is 5.26 Å². The number of phenols is 3. The highest BCUT2D eigenvalue weighted by molar-refractivity contribution is 7.99. The van der Waals surface area contributed by atoms with Crippen LogP contribution in [0, 0.1) is 25.2 Å². The van der Waals surface area contributed by atoms with Gasteiger partial charge < -0.3 is 39.0 Å². The van der Waals surface area contributed by atoms with Gasteiger partial charge in [-0.15, -0.1) is 18.3 Å². The molecule has 13 nitrogen and oxygen atoms in total. The first-order valence-corrected chi connectivity index (χ1v) is 19.2. The van der Waals surface area contributed by atoms with Crippen molar-refractivity contribution in [2.75, 3.05) is 46.5 Å². The molecule has 4 N–H and O–H groups in total. The summed E-state index contributed by atoms with van der Waals surface area (Å²) in [5.41, 5.74) is 4.32. The number of phenolic OH excluding ortho intramolecular Hbond substituents is 3. The number of nitrogens with zero attached hydrogens (tertiary/aromatic N) is 3. The summed E-state index contributed by atoms with van der Waals surface area (Å²) in [5.74, 6) is 1.25. The van der Waals surface area contributed by atoms with Crippen molar-refractivity contribution in [3.05, 3.63) is 75.4 Å². The molecule has 3 aromatic rings. The van der Waals surface area contributed by atoms with E-state index < -0.39 is 40.9 Å². The normalized spacial score (nSPS) is 29.3. The molecule has 2 unspecified atom stereocenters. The predicted molar refractivity (Wildman–Crippen MR) is 197 cm³/mol. The molecule has 0 radical (unpaired) electrons. The molecule has 282 valence electrons. The van der Waals surface area contributed by atoms with Crippen LogP contribution in [-0.2, 0) is 27.9 Å². The van der Waals surface area contributed by atoms with E-state index in [0.29, 0.717) is 71.0 Å². The van der Waals surface area contributed by atoms with E-state index in [4.69, 9.17) is 23.7 Å². The molecule has 7 aliphatic heterocycles. The topological polar surface area (TPSA) is 166 Å². The van der Waals surface area contributed by atoms with E-state index in [9.17, 15) is 25.4 Å². The molecule has 7 heterocycles. The van der Waals surface area contributed by atoms with E-state index in [0.717, 1.165) is 16.7 Å². The van der Waals surface area contributed by atoms with E-state index >= 15 is 0 Å². The van der Waals surface area contributed by atoms with Gasteiger partial charge in [0, 0.05) is 53.2 Å². The largest absolute Gasteiger partial charge is 0.507 e. The zero-order valence-corrected chi connectivity index (χ0v) is 31.3. The molecule has 3 aromatic carbocycles. The van der Waals surface area contributed by atoms with Crippen molar-refractivity contribution in [2.45, 2.75) is 67.7 Å². The Balaban J connectivity index is 1.32. The Morgan fingerprint density at radius 1 is 1.07 bits per heavy atom. The Morgan fingerprint density at radius 3 is 2.61 bits per heavy atom. The maximum absolute atomic E-state index is 14.7. The van der Waals surface area contributed by atoms with Crippen molar-refractivity contribution in [3.63, 3.8) is 0 Å². The zero-order valence-electron chi connectivity index (χ0n) is 30.5. The third kappa shape index (κ3) is 4.58. The predicted octanol–water partition coefficient (Wildman–Crippen LogP) is 4.32. The highest BCUT2D eigenvalue weighted by atomic mass is 32.2. The number of esters is 1. The van der Waals surface area contributed by atoms with E-state index in [1.54, 1.807) is 26.2 Å². The standard InChI is InChI=1S/C40H42N4O9S/c1-6-9-43-23-11-21-10-18(2)35(50-5)34(47)28(21)31(43)32-38-30-29(37-36(52-17-53-37)19(3)33(30)46)25(44(32)24(23)14-41)15-51-39(48)40(16-54-38)22-13-27(49-4)26(45)12-20(22)7-8-42-40/h6,10,12-13,23-25,31-32,38,42,45-47H,1,7-9,11,15-17H2,2-5H3/t23?,24-,25-,31?,32+,38+,40+/m0/s1. The third-order valence-corrected chi connectivity index (χ3v) is 13.8. The number of hydrogen-bond acceptors (Lipinski definition) is 14. The summed E-state index contributed by atoms with van der Waals surface area (Å²) in [5, 5.41) is 49.2. The van der Waals surface area contributed by atoms with Crippen LogP contribution in [0.5, 0.6) is 40.2 Å². The van der Waals surface area contributed by atoms with Gasteiger partial charge in [0.2, 0.25) is 6.79 Å². The Morgan fingerprint density at radius 2 is 1.87 bits per heavy atom. The molecule has 14 heteroatoms. The second kappa shape index (κ2) is 12.6. The zero-order chi connectivity index (χ0) is 37.8. The number of piperazine rings is 1. The van der Waals surface area contributed by atoms with Crippen LogP contribution in [0.25, 0.3) is 0 Å². The number of carbonyl (C=O) groups is 1. The number of hydrogen-bond donors (Lipinski definition) is 4. The van der Waals surface area contributed by atoms with E-state index in [2.05, 4.69) is 27.8 Å². The van der Waals surface area contributed by atoms with Crippen LogP contribution < -0.4 is 24.3 Å². The summed E-state index contributed by atoms with van der Waals surface area (Å²) < 4.78 is 29.8. The molecule has 0 saturated carbocycles. The lowest BCUT2D eigenvalue weighted by atomic mass is 9.71. The number of nitrogens with one attached hydrogen (secondary N) is 1. The van der Waals surface area contributed by atoms with Crippen molar-refractivity contribution in [3.8, 4) is 46.3 Å². The number of fused-ring (bicyclic) bond motifs is 9. The molecule has 2 fully saturated rings. The molecule has 2 saturated heterocycles. The molecular weight excluding hydrogens is 713 g/mol. The van der Waals surface area contributed by atoms with Crippen molar-refractivity contribution in [1.82, 2.24) is 15.1 Å².